The van der Waals surface area contributed by atoms with Crippen molar-refractivity contribution < 1.29 is 0 Å². The third kappa shape index (κ3) is 5.70. The minimum atomic E-state index is 0.515. The van der Waals surface area contributed by atoms with Crippen molar-refractivity contribution in [2.75, 3.05) is 6.54 Å². The predicted molar refractivity (Wildman–Crippen MR) is 88.9 cm³/mol. The highest BCUT2D eigenvalue weighted by Crippen LogP contribution is 2.25. The summed E-state index contributed by atoms with van der Waals surface area (Å²) >= 11 is 2.40. The topological polar surface area (TPSA) is 12.0 Å². The highest BCUT2D eigenvalue weighted by atomic mass is 127. The van der Waals surface area contributed by atoms with Crippen molar-refractivity contribution in [3.05, 3.63) is 33.4 Å². The molecule has 0 aliphatic rings. The van der Waals surface area contributed by atoms with Crippen LogP contribution in [-0.2, 0) is 0 Å². The van der Waals surface area contributed by atoms with Gasteiger partial charge in [0.2, 0.25) is 0 Å². The molecular formula is C16H26IN. The molecule has 1 nitrogen and oxygen atoms in total. The number of halogens is 1. The Balaban J connectivity index is 2.70. The average Bonchev–Trinajstić information content (AvgIpc) is 2.34. The van der Waals surface area contributed by atoms with Gasteiger partial charge in [-0.2, -0.15) is 0 Å². The van der Waals surface area contributed by atoms with E-state index in [1.807, 2.05) is 0 Å². The third-order valence-electron chi connectivity index (χ3n) is 3.31. The van der Waals surface area contributed by atoms with E-state index in [-0.39, 0.29) is 0 Å². The maximum Gasteiger partial charge on any atom is 0.0323 e. The van der Waals surface area contributed by atoms with E-state index in [0.717, 1.165) is 12.5 Å². The minimum absolute atomic E-state index is 0.515. The number of hydrogen-bond acceptors (Lipinski definition) is 1. The van der Waals surface area contributed by atoms with Gasteiger partial charge in [0.1, 0.15) is 0 Å². The second-order valence-electron chi connectivity index (χ2n) is 5.19. The standard InChI is InChI=1S/C16H26IN/c1-4-7-13(3)11-16(18-10-5-2)14-8-6-9-15(17)12-14/h6,8-9,12-13,16,18H,4-5,7,10-11H2,1-3H3. The van der Waals surface area contributed by atoms with Gasteiger partial charge >= 0.3 is 0 Å². The van der Waals surface area contributed by atoms with E-state index >= 15 is 0 Å². The Labute approximate surface area is 126 Å². The van der Waals surface area contributed by atoms with Gasteiger partial charge < -0.3 is 5.32 Å². The maximum atomic E-state index is 3.70. The van der Waals surface area contributed by atoms with Gasteiger partial charge in [-0.25, -0.2) is 0 Å². The number of hydrogen-bond donors (Lipinski definition) is 1. The molecule has 1 rings (SSSR count). The summed E-state index contributed by atoms with van der Waals surface area (Å²) < 4.78 is 1.33. The second kappa shape index (κ2) is 8.92. The van der Waals surface area contributed by atoms with Crippen LogP contribution < -0.4 is 5.32 Å². The lowest BCUT2D eigenvalue weighted by Gasteiger charge is -2.23. The quantitative estimate of drug-likeness (QED) is 0.633. The molecule has 18 heavy (non-hydrogen) atoms. The summed E-state index contributed by atoms with van der Waals surface area (Å²) in [6.45, 7) is 7.98. The average molecular weight is 359 g/mol. The minimum Gasteiger partial charge on any atom is -0.310 e. The second-order valence-corrected chi connectivity index (χ2v) is 6.44. The summed E-state index contributed by atoms with van der Waals surface area (Å²) in [5, 5.41) is 3.70. The molecule has 2 atom stereocenters. The molecule has 0 saturated heterocycles. The fourth-order valence-corrected chi connectivity index (χ4v) is 2.96. The zero-order chi connectivity index (χ0) is 13.4. The lowest BCUT2D eigenvalue weighted by atomic mass is 9.93. The van der Waals surface area contributed by atoms with E-state index in [1.165, 1.54) is 34.8 Å². The molecule has 1 N–H and O–H groups in total. The Morgan fingerprint density at radius 2 is 2.00 bits per heavy atom. The summed E-state index contributed by atoms with van der Waals surface area (Å²) in [5.74, 6) is 0.794. The van der Waals surface area contributed by atoms with Crippen LogP contribution in [0.1, 0.15) is 58.1 Å². The Bertz CT molecular complexity index is 338. The Morgan fingerprint density at radius 1 is 1.22 bits per heavy atom. The summed E-state index contributed by atoms with van der Waals surface area (Å²) in [5.41, 5.74) is 1.44. The molecule has 0 aromatic heterocycles. The molecule has 0 fully saturated rings. The molecule has 0 saturated carbocycles. The van der Waals surface area contributed by atoms with Crippen molar-refractivity contribution in [1.29, 1.82) is 0 Å². The van der Waals surface area contributed by atoms with Crippen molar-refractivity contribution >= 4 is 22.6 Å². The lowest BCUT2D eigenvalue weighted by Crippen LogP contribution is -2.24. The first-order valence-corrected chi connectivity index (χ1v) is 8.24. The zero-order valence-corrected chi connectivity index (χ0v) is 14.0. The van der Waals surface area contributed by atoms with Crippen molar-refractivity contribution in [2.45, 2.75) is 52.5 Å². The molecule has 102 valence electrons. The van der Waals surface area contributed by atoms with Gasteiger partial charge in [-0.1, -0.05) is 45.7 Å². The van der Waals surface area contributed by atoms with Crippen LogP contribution in [0.15, 0.2) is 24.3 Å². The molecule has 0 heterocycles. The van der Waals surface area contributed by atoms with Crippen LogP contribution >= 0.6 is 22.6 Å². The van der Waals surface area contributed by atoms with Gasteiger partial charge in [-0.05, 0) is 65.6 Å². The summed E-state index contributed by atoms with van der Waals surface area (Å²) in [6.07, 6.45) is 5.05. The Morgan fingerprint density at radius 3 is 2.61 bits per heavy atom. The molecule has 2 heteroatoms. The van der Waals surface area contributed by atoms with E-state index < -0.39 is 0 Å². The highest BCUT2D eigenvalue weighted by molar-refractivity contribution is 14.1. The fraction of sp³-hybridized carbons (Fsp3) is 0.625. The Kier molecular flexibility index (Phi) is 7.91. The molecular weight excluding hydrogens is 333 g/mol. The summed E-state index contributed by atoms with van der Waals surface area (Å²) in [7, 11) is 0. The van der Waals surface area contributed by atoms with E-state index in [2.05, 4.69) is 72.9 Å². The first-order chi connectivity index (χ1) is 8.67. The molecule has 0 aliphatic carbocycles. The van der Waals surface area contributed by atoms with Crippen LogP contribution in [0.5, 0.6) is 0 Å². The third-order valence-corrected chi connectivity index (χ3v) is 3.98. The van der Waals surface area contributed by atoms with Crippen molar-refractivity contribution in [3.63, 3.8) is 0 Å². The molecule has 0 amide bonds. The summed E-state index contributed by atoms with van der Waals surface area (Å²) in [4.78, 5) is 0. The van der Waals surface area contributed by atoms with Gasteiger partial charge in [0.05, 0.1) is 0 Å². The molecule has 2 unspecified atom stereocenters. The zero-order valence-electron chi connectivity index (χ0n) is 11.9. The normalized spacial score (nSPS) is 14.4. The highest BCUT2D eigenvalue weighted by Gasteiger charge is 2.14. The molecule has 1 aromatic rings. The first kappa shape index (κ1) is 16.0. The van der Waals surface area contributed by atoms with Gasteiger partial charge in [0, 0.05) is 9.61 Å². The van der Waals surface area contributed by atoms with Crippen LogP contribution in [0.3, 0.4) is 0 Å². The largest absolute Gasteiger partial charge is 0.310 e. The molecule has 0 spiro atoms. The maximum absolute atomic E-state index is 3.70. The smallest absolute Gasteiger partial charge is 0.0323 e. The van der Waals surface area contributed by atoms with Crippen LogP contribution in [0.25, 0.3) is 0 Å². The Hall–Kier alpha value is -0.0900. The molecule has 0 bridgehead atoms. The van der Waals surface area contributed by atoms with Crippen molar-refractivity contribution in [1.82, 2.24) is 5.32 Å². The van der Waals surface area contributed by atoms with Crippen molar-refractivity contribution in [2.24, 2.45) is 5.92 Å². The predicted octanol–water partition coefficient (Wildman–Crippen LogP) is 5.16. The molecule has 0 aliphatic heterocycles. The van der Waals surface area contributed by atoms with Crippen molar-refractivity contribution in [3.8, 4) is 0 Å². The van der Waals surface area contributed by atoms with Crippen LogP contribution in [0.4, 0.5) is 0 Å². The first-order valence-electron chi connectivity index (χ1n) is 7.16. The van der Waals surface area contributed by atoms with Crippen LogP contribution in [-0.4, -0.2) is 6.54 Å². The van der Waals surface area contributed by atoms with Gasteiger partial charge in [-0.3, -0.25) is 0 Å². The number of rotatable bonds is 8. The van der Waals surface area contributed by atoms with E-state index in [9.17, 15) is 0 Å². The molecule has 1 aromatic carbocycles. The van der Waals surface area contributed by atoms with E-state index in [0.29, 0.717) is 6.04 Å². The summed E-state index contributed by atoms with van der Waals surface area (Å²) in [6, 6.07) is 9.42. The number of benzene rings is 1. The van der Waals surface area contributed by atoms with Crippen LogP contribution in [0.2, 0.25) is 0 Å². The number of nitrogens with one attached hydrogen (secondary N) is 1. The van der Waals surface area contributed by atoms with Gasteiger partial charge in [-0.15, -0.1) is 0 Å². The molecule has 0 radical (unpaired) electrons. The van der Waals surface area contributed by atoms with Gasteiger partial charge in [0.25, 0.3) is 0 Å². The fourth-order valence-electron chi connectivity index (χ4n) is 2.39. The monoisotopic (exact) mass is 359 g/mol. The van der Waals surface area contributed by atoms with Gasteiger partial charge in [0.15, 0.2) is 0 Å². The van der Waals surface area contributed by atoms with E-state index in [1.54, 1.807) is 0 Å². The lowest BCUT2D eigenvalue weighted by molar-refractivity contribution is 0.390. The SMILES string of the molecule is CCCNC(CC(C)CCC)c1cccc(I)c1. The van der Waals surface area contributed by atoms with E-state index in [4.69, 9.17) is 0 Å². The van der Waals surface area contributed by atoms with Crippen LogP contribution in [0, 0.1) is 9.49 Å².